The Balaban J connectivity index is 0.00000161. The van der Waals surface area contributed by atoms with Crippen molar-refractivity contribution in [2.24, 2.45) is 0 Å². The summed E-state index contributed by atoms with van der Waals surface area (Å²) >= 11 is 7.04. The fourth-order valence-electron chi connectivity index (χ4n) is 2.12. The fourth-order valence-corrected chi connectivity index (χ4v) is 3.39. The van der Waals surface area contributed by atoms with Gasteiger partial charge in [-0.05, 0) is 23.8 Å². The van der Waals surface area contributed by atoms with Crippen molar-refractivity contribution in [3.8, 4) is 5.69 Å². The number of benzene rings is 2. The molecule has 0 aliphatic carbocycles. The van der Waals surface area contributed by atoms with E-state index in [2.05, 4.69) is 96.1 Å². The highest BCUT2D eigenvalue weighted by Crippen LogP contribution is 2.22. The van der Waals surface area contributed by atoms with Gasteiger partial charge >= 0.3 is 0 Å². The van der Waals surface area contributed by atoms with Crippen molar-refractivity contribution in [1.82, 2.24) is 4.57 Å². The third-order valence-corrected chi connectivity index (χ3v) is 3.96. The monoisotopic (exact) mass is 470 g/mol. The molecule has 0 saturated heterocycles. The summed E-state index contributed by atoms with van der Waals surface area (Å²) in [6, 6.07) is 16.7. The molecule has 108 valence electrons. The van der Waals surface area contributed by atoms with Crippen LogP contribution >= 0.6 is 31.9 Å². The average Bonchev–Trinajstić information content (AvgIpc) is 2.87. The standard InChI is InChI=1S/C16H13Br2N2.BrH/c17-14-8-15(18)10-16(9-14)20-7-6-19(12-20)11-13-4-2-1-3-5-13;/h1-10,12H,11H2;1H/q+1;/p-1. The number of rotatable bonds is 3. The van der Waals surface area contributed by atoms with E-state index in [4.69, 9.17) is 0 Å². The van der Waals surface area contributed by atoms with Gasteiger partial charge in [0.05, 0.1) is 0 Å². The van der Waals surface area contributed by atoms with Gasteiger partial charge in [0.2, 0.25) is 6.33 Å². The lowest BCUT2D eigenvalue weighted by molar-refractivity contribution is -0.687. The van der Waals surface area contributed by atoms with Gasteiger partial charge in [-0.25, -0.2) is 9.13 Å². The lowest BCUT2D eigenvalue weighted by Crippen LogP contribution is -3.00. The molecule has 0 atom stereocenters. The van der Waals surface area contributed by atoms with Crippen LogP contribution in [-0.2, 0) is 6.54 Å². The van der Waals surface area contributed by atoms with Gasteiger partial charge < -0.3 is 17.0 Å². The van der Waals surface area contributed by atoms with Crippen LogP contribution in [-0.4, -0.2) is 4.57 Å². The molecule has 21 heavy (non-hydrogen) atoms. The molecule has 0 radical (unpaired) electrons. The van der Waals surface area contributed by atoms with Crippen molar-refractivity contribution in [3.63, 3.8) is 0 Å². The second kappa shape index (κ2) is 7.38. The van der Waals surface area contributed by atoms with Crippen LogP contribution in [0.2, 0.25) is 0 Å². The Morgan fingerprint density at radius 3 is 2.29 bits per heavy atom. The van der Waals surface area contributed by atoms with Crippen LogP contribution in [0.4, 0.5) is 0 Å². The highest BCUT2D eigenvalue weighted by molar-refractivity contribution is 9.11. The molecule has 2 nitrogen and oxygen atoms in total. The molecule has 1 heterocycles. The topological polar surface area (TPSA) is 8.81 Å². The summed E-state index contributed by atoms with van der Waals surface area (Å²) in [6.45, 7) is 0.878. The highest BCUT2D eigenvalue weighted by Gasteiger charge is 2.08. The second-order valence-electron chi connectivity index (χ2n) is 4.61. The van der Waals surface area contributed by atoms with Crippen molar-refractivity contribution in [1.29, 1.82) is 0 Å². The van der Waals surface area contributed by atoms with Crippen molar-refractivity contribution >= 4 is 31.9 Å². The molecule has 1 aromatic heterocycles. The van der Waals surface area contributed by atoms with Gasteiger partial charge in [-0.1, -0.05) is 62.2 Å². The van der Waals surface area contributed by atoms with Gasteiger partial charge in [0.15, 0.2) is 0 Å². The van der Waals surface area contributed by atoms with Gasteiger partial charge in [0.25, 0.3) is 0 Å². The van der Waals surface area contributed by atoms with Crippen LogP contribution in [0.5, 0.6) is 0 Å². The van der Waals surface area contributed by atoms with Crippen LogP contribution in [0.25, 0.3) is 5.69 Å². The smallest absolute Gasteiger partial charge is 0.249 e. The summed E-state index contributed by atoms with van der Waals surface area (Å²) in [5.41, 5.74) is 2.42. The Morgan fingerprint density at radius 1 is 0.952 bits per heavy atom. The summed E-state index contributed by atoms with van der Waals surface area (Å²) in [4.78, 5) is 0. The van der Waals surface area contributed by atoms with E-state index in [1.165, 1.54) is 5.56 Å². The van der Waals surface area contributed by atoms with Gasteiger partial charge in [0.1, 0.15) is 24.6 Å². The maximum Gasteiger partial charge on any atom is 0.249 e. The number of nitrogens with zero attached hydrogens (tertiary/aromatic N) is 2. The van der Waals surface area contributed by atoms with E-state index in [-0.39, 0.29) is 17.0 Å². The molecule has 3 aromatic rings. The van der Waals surface area contributed by atoms with Crippen LogP contribution in [0.1, 0.15) is 5.56 Å². The van der Waals surface area contributed by atoms with E-state index in [0.29, 0.717) is 0 Å². The highest BCUT2D eigenvalue weighted by atomic mass is 79.9. The third-order valence-electron chi connectivity index (χ3n) is 3.04. The molecule has 0 N–H and O–H groups in total. The first-order valence-corrected chi connectivity index (χ1v) is 7.87. The van der Waals surface area contributed by atoms with E-state index in [9.17, 15) is 0 Å². The Hall–Kier alpha value is -0.910. The Labute approximate surface area is 151 Å². The van der Waals surface area contributed by atoms with Gasteiger partial charge in [-0.2, -0.15) is 0 Å². The summed E-state index contributed by atoms with van der Waals surface area (Å²) in [6.07, 6.45) is 6.25. The first-order chi connectivity index (χ1) is 9.70. The molecule has 0 amide bonds. The van der Waals surface area contributed by atoms with Crippen LogP contribution in [0, 0.1) is 0 Å². The molecule has 0 spiro atoms. The lowest BCUT2D eigenvalue weighted by Gasteiger charge is -1.99. The summed E-state index contributed by atoms with van der Waals surface area (Å²) in [7, 11) is 0. The SMILES string of the molecule is Brc1cc(Br)cc(-n2cc[n+](Cc3ccccc3)c2)c1.[Br-]. The van der Waals surface area contributed by atoms with E-state index < -0.39 is 0 Å². The van der Waals surface area contributed by atoms with Gasteiger partial charge in [-0.15, -0.1) is 0 Å². The first-order valence-electron chi connectivity index (χ1n) is 6.28. The fraction of sp³-hybridized carbons (Fsp3) is 0.0625. The molecule has 0 fully saturated rings. The molecule has 0 unspecified atom stereocenters. The minimum absolute atomic E-state index is 0. The average molecular weight is 473 g/mol. The maximum absolute atomic E-state index is 3.52. The zero-order chi connectivity index (χ0) is 13.9. The Kier molecular flexibility index (Phi) is 5.79. The van der Waals surface area contributed by atoms with E-state index in [1.807, 2.05) is 12.1 Å². The van der Waals surface area contributed by atoms with Crippen molar-refractivity contribution in [2.75, 3.05) is 0 Å². The molecular weight excluding hydrogens is 460 g/mol. The maximum atomic E-state index is 3.52. The number of imidazole rings is 1. The summed E-state index contributed by atoms with van der Waals surface area (Å²) in [5.74, 6) is 0. The van der Waals surface area contributed by atoms with Gasteiger partial charge in [0, 0.05) is 8.95 Å². The zero-order valence-electron chi connectivity index (χ0n) is 11.1. The third kappa shape index (κ3) is 4.28. The molecule has 0 saturated carbocycles. The lowest BCUT2D eigenvalue weighted by atomic mass is 10.2. The van der Waals surface area contributed by atoms with Crippen molar-refractivity contribution < 1.29 is 21.5 Å². The Bertz CT molecular complexity index is 703. The molecule has 5 heteroatoms. The number of hydrogen-bond donors (Lipinski definition) is 0. The molecule has 2 aromatic carbocycles. The van der Waals surface area contributed by atoms with Crippen molar-refractivity contribution in [2.45, 2.75) is 6.54 Å². The minimum atomic E-state index is 0. The largest absolute Gasteiger partial charge is 1.00 e. The van der Waals surface area contributed by atoms with Crippen LogP contribution in [0.3, 0.4) is 0 Å². The normalized spacial score (nSPS) is 10.2. The molecule has 0 aliphatic rings. The molecule has 3 rings (SSSR count). The zero-order valence-corrected chi connectivity index (χ0v) is 15.8. The predicted octanol–water partition coefficient (Wildman–Crippen LogP) is 1.34. The predicted molar refractivity (Wildman–Crippen MR) is 86.9 cm³/mol. The van der Waals surface area contributed by atoms with Crippen LogP contribution < -0.4 is 21.5 Å². The first kappa shape index (κ1) is 16.5. The van der Waals surface area contributed by atoms with E-state index in [1.54, 1.807) is 0 Å². The molecule has 0 bridgehead atoms. The van der Waals surface area contributed by atoms with Crippen molar-refractivity contribution in [3.05, 3.63) is 81.8 Å². The number of hydrogen-bond acceptors (Lipinski definition) is 0. The number of aromatic nitrogens is 2. The quantitative estimate of drug-likeness (QED) is 0.509. The summed E-state index contributed by atoms with van der Waals surface area (Å²) < 4.78 is 6.40. The second-order valence-corrected chi connectivity index (χ2v) is 6.44. The van der Waals surface area contributed by atoms with Crippen LogP contribution in [0.15, 0.2) is 76.2 Å². The van der Waals surface area contributed by atoms with E-state index in [0.717, 1.165) is 21.2 Å². The number of halogens is 3. The minimum Gasteiger partial charge on any atom is -1.00 e. The van der Waals surface area contributed by atoms with E-state index >= 15 is 0 Å². The molecule has 0 aliphatic heterocycles. The van der Waals surface area contributed by atoms with Gasteiger partial charge in [-0.3, -0.25) is 0 Å². The molecular formula is C16H13Br3N2. The Morgan fingerprint density at radius 2 is 1.62 bits per heavy atom. The summed E-state index contributed by atoms with van der Waals surface area (Å²) in [5, 5.41) is 0.